The standard InChI is InChI=1S/C34H22Cl2F10N4O6/c35-23-6-5-19(10-22(23)28(52)49(30(15-47)7-8-30)16-55-26(51)9-17-1-3-18(4-2-17)29(53)54)20-13-48-50(14-20)27-24(36)11-21(12-25(27)56-34(44,45)46)31(37,32(38,39)40)33(41,42)43/h1-6,10-14,29,53-54H,7-9,16H2. The van der Waals surface area contributed by atoms with E-state index in [4.69, 9.17) is 27.9 Å². The summed E-state index contributed by atoms with van der Waals surface area (Å²) < 4.78 is 145. The molecule has 10 nitrogen and oxygen atoms in total. The predicted molar refractivity (Wildman–Crippen MR) is 173 cm³/mol. The lowest BCUT2D eigenvalue weighted by atomic mass is 9.93. The Bertz CT molecular complexity index is 2170. The van der Waals surface area contributed by atoms with Crippen molar-refractivity contribution >= 4 is 35.1 Å². The van der Waals surface area contributed by atoms with E-state index in [-0.39, 0.29) is 52.6 Å². The number of rotatable bonds is 11. The van der Waals surface area contributed by atoms with Gasteiger partial charge < -0.3 is 19.7 Å². The Hall–Kier alpha value is -5.10. The van der Waals surface area contributed by atoms with Gasteiger partial charge in [0.15, 0.2) is 18.8 Å². The summed E-state index contributed by atoms with van der Waals surface area (Å²) >= 11 is 12.2. The SMILES string of the molecule is N#CC1(N(COC(=O)Cc2ccc(C(O)O)cc2)C(=O)c2cc(-c3cnn(-c4c(Cl)cc(C(F)(C(F)(F)F)C(F)(F)F)cc4OC(F)(F)F)c3)ccc2Cl)CC1. The van der Waals surface area contributed by atoms with Crippen LogP contribution in [0.3, 0.4) is 0 Å². The number of halogens is 12. The summed E-state index contributed by atoms with van der Waals surface area (Å²) in [6.45, 7) is -0.712. The van der Waals surface area contributed by atoms with Gasteiger partial charge in [-0.25, -0.2) is 9.07 Å². The van der Waals surface area contributed by atoms with Gasteiger partial charge in [-0.2, -0.15) is 36.7 Å². The van der Waals surface area contributed by atoms with Gasteiger partial charge in [-0.15, -0.1) is 13.2 Å². The number of aliphatic hydroxyl groups excluding tert-OH is 1. The highest BCUT2D eigenvalue weighted by Crippen LogP contribution is 2.55. The maximum atomic E-state index is 14.8. The Labute approximate surface area is 318 Å². The molecule has 1 saturated carbocycles. The van der Waals surface area contributed by atoms with Crippen molar-refractivity contribution in [3.8, 4) is 28.6 Å². The zero-order valence-corrected chi connectivity index (χ0v) is 29.1. The van der Waals surface area contributed by atoms with Crippen LogP contribution in [0.25, 0.3) is 16.8 Å². The number of hydrogen-bond acceptors (Lipinski definition) is 8. The van der Waals surface area contributed by atoms with E-state index in [1.54, 1.807) is 0 Å². The van der Waals surface area contributed by atoms with Gasteiger partial charge >= 0.3 is 30.4 Å². The number of nitrogens with zero attached hydrogens (tertiary/aromatic N) is 4. The van der Waals surface area contributed by atoms with Crippen LogP contribution in [0.2, 0.25) is 10.0 Å². The summed E-state index contributed by atoms with van der Waals surface area (Å²) in [5, 5.41) is 30.7. The highest BCUT2D eigenvalue weighted by Gasteiger charge is 2.73. The fourth-order valence-electron chi connectivity index (χ4n) is 5.39. The van der Waals surface area contributed by atoms with E-state index in [2.05, 4.69) is 9.84 Å². The lowest BCUT2D eigenvalue weighted by Crippen LogP contribution is -2.50. The number of nitriles is 1. The lowest BCUT2D eigenvalue weighted by molar-refractivity contribution is -0.348. The summed E-state index contributed by atoms with van der Waals surface area (Å²) in [6.07, 6.45) is -18.9. The lowest BCUT2D eigenvalue weighted by Gasteiger charge is -2.31. The first kappa shape index (κ1) is 42.1. The summed E-state index contributed by atoms with van der Waals surface area (Å²) in [7, 11) is 0. The third-order valence-corrected chi connectivity index (χ3v) is 9.07. The molecule has 0 saturated heterocycles. The van der Waals surface area contributed by atoms with E-state index in [1.807, 2.05) is 6.07 Å². The Kier molecular flexibility index (Phi) is 11.3. The Morgan fingerprint density at radius 1 is 0.911 bits per heavy atom. The minimum atomic E-state index is -6.70. The molecule has 0 atom stereocenters. The third-order valence-electron chi connectivity index (χ3n) is 8.45. The first-order chi connectivity index (χ1) is 25.9. The summed E-state index contributed by atoms with van der Waals surface area (Å²) in [6, 6.07) is 10.6. The number of esters is 1. The topological polar surface area (TPSA) is 138 Å². The van der Waals surface area contributed by atoms with Gasteiger partial charge in [-0.05, 0) is 48.2 Å². The summed E-state index contributed by atoms with van der Waals surface area (Å²) in [4.78, 5) is 27.5. The molecule has 1 aliphatic rings. The van der Waals surface area contributed by atoms with Crippen LogP contribution < -0.4 is 4.74 Å². The molecule has 0 unspecified atom stereocenters. The molecule has 1 fully saturated rings. The van der Waals surface area contributed by atoms with Crippen molar-refractivity contribution < 1.29 is 73.2 Å². The largest absolute Gasteiger partial charge is 0.573 e. The fraction of sp³-hybridized carbons (Fsp3) is 0.294. The van der Waals surface area contributed by atoms with E-state index < -0.39 is 82.9 Å². The first-order valence-corrected chi connectivity index (χ1v) is 16.3. The van der Waals surface area contributed by atoms with E-state index in [1.165, 1.54) is 36.4 Å². The molecule has 0 spiro atoms. The van der Waals surface area contributed by atoms with Crippen molar-refractivity contribution in [1.29, 1.82) is 5.26 Å². The number of hydrogen-bond donors (Lipinski definition) is 2. The number of carbonyl (C=O) groups is 2. The van der Waals surface area contributed by atoms with Gasteiger partial charge in [0.05, 0.1) is 34.3 Å². The average molecular weight is 843 g/mol. The zero-order chi connectivity index (χ0) is 41.6. The molecule has 1 aliphatic carbocycles. The Morgan fingerprint density at radius 2 is 1.54 bits per heavy atom. The molecule has 4 aromatic rings. The van der Waals surface area contributed by atoms with Crippen LogP contribution in [0.1, 0.15) is 46.2 Å². The average Bonchev–Trinajstić information content (AvgIpc) is 3.73. The van der Waals surface area contributed by atoms with Crippen LogP contribution >= 0.6 is 23.2 Å². The molecule has 298 valence electrons. The van der Waals surface area contributed by atoms with Crippen molar-refractivity contribution in [1.82, 2.24) is 14.7 Å². The highest BCUT2D eigenvalue weighted by molar-refractivity contribution is 6.34. The second kappa shape index (κ2) is 15.1. The van der Waals surface area contributed by atoms with Gasteiger partial charge in [0.25, 0.3) is 5.91 Å². The number of aliphatic hydroxyl groups is 2. The molecule has 1 heterocycles. The molecular formula is C34H22Cl2F10N4O6. The Balaban J connectivity index is 1.46. The maximum absolute atomic E-state index is 14.8. The number of amides is 1. The quantitative estimate of drug-likeness (QED) is 0.0875. The van der Waals surface area contributed by atoms with Crippen LogP contribution in [-0.2, 0) is 21.6 Å². The monoisotopic (exact) mass is 842 g/mol. The van der Waals surface area contributed by atoms with Crippen molar-refractivity contribution in [2.45, 2.75) is 55.5 Å². The second-order valence-corrected chi connectivity index (χ2v) is 13.0. The molecule has 5 rings (SSSR count). The van der Waals surface area contributed by atoms with E-state index >= 15 is 0 Å². The smallest absolute Gasteiger partial charge is 0.444 e. The normalized spacial score (nSPS) is 14.3. The van der Waals surface area contributed by atoms with Crippen LogP contribution in [0.4, 0.5) is 43.9 Å². The third kappa shape index (κ3) is 8.50. The highest BCUT2D eigenvalue weighted by atomic mass is 35.5. The van der Waals surface area contributed by atoms with Gasteiger partial charge in [0.2, 0.25) is 0 Å². The van der Waals surface area contributed by atoms with Crippen LogP contribution in [0, 0.1) is 11.3 Å². The molecule has 1 aromatic heterocycles. The number of carbonyl (C=O) groups excluding carboxylic acids is 2. The van der Waals surface area contributed by atoms with E-state index in [0.717, 1.165) is 23.4 Å². The van der Waals surface area contributed by atoms with Crippen LogP contribution in [-0.4, -0.2) is 67.8 Å². The predicted octanol–water partition coefficient (Wildman–Crippen LogP) is 8.26. The molecule has 1 amide bonds. The van der Waals surface area contributed by atoms with Crippen molar-refractivity contribution in [3.63, 3.8) is 0 Å². The van der Waals surface area contributed by atoms with Gasteiger partial charge in [-0.1, -0.05) is 53.5 Å². The minimum Gasteiger partial charge on any atom is -0.444 e. The number of alkyl halides is 10. The maximum Gasteiger partial charge on any atom is 0.573 e. The molecule has 0 aliphatic heterocycles. The van der Waals surface area contributed by atoms with E-state index in [9.17, 15) is 69.0 Å². The molecular weight excluding hydrogens is 821 g/mol. The fourth-order valence-corrected chi connectivity index (χ4v) is 5.89. The van der Waals surface area contributed by atoms with Crippen LogP contribution in [0.5, 0.6) is 5.75 Å². The number of aromatic nitrogens is 2. The van der Waals surface area contributed by atoms with Crippen molar-refractivity contribution in [2.75, 3.05) is 6.73 Å². The summed E-state index contributed by atoms with van der Waals surface area (Å²) in [5.41, 5.74) is -10.6. The molecule has 3 aromatic carbocycles. The van der Waals surface area contributed by atoms with E-state index in [0.29, 0.717) is 10.2 Å². The van der Waals surface area contributed by atoms with Crippen molar-refractivity contribution in [2.24, 2.45) is 0 Å². The molecule has 22 heteroatoms. The summed E-state index contributed by atoms with van der Waals surface area (Å²) in [5.74, 6) is -3.51. The Morgan fingerprint density at radius 3 is 2.07 bits per heavy atom. The minimum absolute atomic E-state index is 0.0432. The van der Waals surface area contributed by atoms with Gasteiger partial charge in [-0.3, -0.25) is 14.5 Å². The molecule has 2 N–H and O–H groups in total. The molecule has 0 radical (unpaired) electrons. The zero-order valence-electron chi connectivity index (χ0n) is 27.6. The first-order valence-electron chi connectivity index (χ1n) is 15.5. The second-order valence-electron chi connectivity index (χ2n) is 12.2. The van der Waals surface area contributed by atoms with Gasteiger partial charge in [0.1, 0.15) is 11.2 Å². The number of ether oxygens (including phenoxy) is 2. The van der Waals surface area contributed by atoms with Crippen molar-refractivity contribution in [3.05, 3.63) is 99.3 Å². The molecule has 0 bridgehead atoms. The number of benzene rings is 3. The van der Waals surface area contributed by atoms with Gasteiger partial charge in [0, 0.05) is 22.9 Å². The van der Waals surface area contributed by atoms with Crippen LogP contribution in [0.15, 0.2) is 67.0 Å². The molecule has 56 heavy (non-hydrogen) atoms.